The van der Waals surface area contributed by atoms with Crippen molar-refractivity contribution in [2.75, 3.05) is 6.54 Å². The van der Waals surface area contributed by atoms with Gasteiger partial charge in [0.1, 0.15) is 23.7 Å². The molecular weight excluding hydrogens is 503 g/mol. The lowest BCUT2D eigenvalue weighted by atomic mass is 9.85. The van der Waals surface area contributed by atoms with E-state index in [0.29, 0.717) is 23.2 Å². The minimum Gasteiger partial charge on any atom is -0.439 e. The first-order chi connectivity index (χ1) is 18.6. The van der Waals surface area contributed by atoms with Crippen LogP contribution in [0.1, 0.15) is 63.4 Å². The van der Waals surface area contributed by atoms with Crippen LogP contribution in [-0.2, 0) is 16.1 Å². The molecule has 3 atom stereocenters. The molecule has 0 radical (unpaired) electrons. The van der Waals surface area contributed by atoms with Gasteiger partial charge in [-0.15, -0.1) is 5.10 Å². The molecular formula is C28H33FN6O4. The molecule has 10 nitrogen and oxygen atoms in total. The number of hydrogen-bond acceptors (Lipinski definition) is 7. The maximum atomic E-state index is 13.9. The van der Waals surface area contributed by atoms with Gasteiger partial charge in [-0.1, -0.05) is 32.1 Å². The second-order valence-electron chi connectivity index (χ2n) is 11.3. The maximum Gasteiger partial charge on any atom is 0.248 e. The number of hydrogen-bond donors (Lipinski definition) is 2. The Morgan fingerprint density at radius 3 is 2.62 bits per heavy atom. The average molecular weight is 537 g/mol. The van der Waals surface area contributed by atoms with Crippen LogP contribution in [0, 0.1) is 11.2 Å². The van der Waals surface area contributed by atoms with Crippen LogP contribution in [-0.4, -0.2) is 60.5 Å². The summed E-state index contributed by atoms with van der Waals surface area (Å²) in [6, 6.07) is 9.21. The van der Waals surface area contributed by atoms with Crippen molar-refractivity contribution in [2.24, 2.45) is 5.41 Å². The molecule has 1 aliphatic carbocycles. The minimum atomic E-state index is -0.831. The van der Waals surface area contributed by atoms with Gasteiger partial charge in [0.05, 0.1) is 24.0 Å². The molecule has 2 fully saturated rings. The summed E-state index contributed by atoms with van der Waals surface area (Å²) in [5.74, 6) is 0.108. The smallest absolute Gasteiger partial charge is 0.248 e. The molecule has 2 aliphatic rings. The van der Waals surface area contributed by atoms with Crippen LogP contribution in [0.3, 0.4) is 0 Å². The van der Waals surface area contributed by atoms with Crippen LogP contribution >= 0.6 is 0 Å². The zero-order chi connectivity index (χ0) is 27.7. The van der Waals surface area contributed by atoms with Crippen molar-refractivity contribution in [3.05, 3.63) is 65.9 Å². The molecule has 39 heavy (non-hydrogen) atoms. The number of halogens is 1. The molecule has 1 saturated carbocycles. The van der Waals surface area contributed by atoms with Crippen LogP contribution in [0.5, 0.6) is 11.6 Å². The number of aliphatic hydroxyl groups is 1. The second kappa shape index (κ2) is 10.7. The zero-order valence-corrected chi connectivity index (χ0v) is 22.2. The Morgan fingerprint density at radius 2 is 1.92 bits per heavy atom. The molecule has 206 valence electrons. The number of amides is 2. The Morgan fingerprint density at radius 1 is 1.18 bits per heavy atom. The Balaban J connectivity index is 1.26. The fraction of sp³-hybridized carbons (Fsp3) is 0.464. The van der Waals surface area contributed by atoms with Crippen LogP contribution < -0.4 is 10.1 Å². The van der Waals surface area contributed by atoms with E-state index in [-0.39, 0.29) is 37.1 Å². The van der Waals surface area contributed by atoms with Gasteiger partial charge >= 0.3 is 0 Å². The average Bonchev–Trinajstić information content (AvgIpc) is 3.50. The third-order valence-electron chi connectivity index (χ3n) is 6.97. The van der Waals surface area contributed by atoms with Crippen LogP contribution in [0.25, 0.3) is 0 Å². The molecule has 2 aromatic heterocycles. The van der Waals surface area contributed by atoms with Gasteiger partial charge in [-0.2, -0.15) is 0 Å². The van der Waals surface area contributed by atoms with E-state index >= 15 is 0 Å². The summed E-state index contributed by atoms with van der Waals surface area (Å²) in [7, 11) is 0. The molecule has 3 aromatic rings. The number of aromatic nitrogens is 4. The molecule has 1 aliphatic heterocycles. The molecule has 2 unspecified atom stereocenters. The van der Waals surface area contributed by atoms with Gasteiger partial charge in [0, 0.05) is 31.1 Å². The second-order valence-corrected chi connectivity index (χ2v) is 11.3. The first kappa shape index (κ1) is 26.7. The Kier molecular flexibility index (Phi) is 7.35. The first-order valence-electron chi connectivity index (χ1n) is 13.2. The summed E-state index contributed by atoms with van der Waals surface area (Å²) in [5.41, 5.74) is 0.919. The number of ether oxygens (including phenoxy) is 1. The number of nitrogens with zero attached hydrogens (tertiary/aromatic N) is 5. The van der Waals surface area contributed by atoms with Gasteiger partial charge in [-0.05, 0) is 48.6 Å². The third kappa shape index (κ3) is 6.25. The van der Waals surface area contributed by atoms with Crippen LogP contribution in [0.4, 0.5) is 4.39 Å². The summed E-state index contributed by atoms with van der Waals surface area (Å²) in [6.45, 7) is 6.00. The Hall–Kier alpha value is -3.86. The number of carbonyl (C=O) groups excluding carboxylic acids is 2. The summed E-state index contributed by atoms with van der Waals surface area (Å²) in [4.78, 5) is 33.0. The lowest BCUT2D eigenvalue weighted by Crippen LogP contribution is -2.50. The van der Waals surface area contributed by atoms with Gasteiger partial charge in [0.2, 0.25) is 17.7 Å². The molecule has 2 amide bonds. The van der Waals surface area contributed by atoms with Gasteiger partial charge in [0.25, 0.3) is 0 Å². The van der Waals surface area contributed by atoms with Crippen molar-refractivity contribution >= 4 is 11.8 Å². The number of benzene rings is 1. The van der Waals surface area contributed by atoms with Crippen molar-refractivity contribution < 1.29 is 23.8 Å². The topological polar surface area (TPSA) is 122 Å². The van der Waals surface area contributed by atoms with E-state index in [0.717, 1.165) is 18.5 Å². The lowest BCUT2D eigenvalue weighted by Gasteiger charge is -2.34. The Bertz CT molecular complexity index is 1330. The molecule has 1 saturated heterocycles. The monoisotopic (exact) mass is 536 g/mol. The number of rotatable bonds is 8. The van der Waals surface area contributed by atoms with Crippen LogP contribution in [0.15, 0.2) is 48.7 Å². The number of aliphatic hydroxyl groups excluding tert-OH is 1. The Labute approximate surface area is 226 Å². The van der Waals surface area contributed by atoms with Crippen molar-refractivity contribution in [1.82, 2.24) is 30.2 Å². The number of pyridine rings is 1. The van der Waals surface area contributed by atoms with E-state index in [4.69, 9.17) is 4.74 Å². The van der Waals surface area contributed by atoms with E-state index in [1.54, 1.807) is 22.9 Å². The first-order valence-corrected chi connectivity index (χ1v) is 13.2. The predicted molar refractivity (Wildman–Crippen MR) is 139 cm³/mol. The van der Waals surface area contributed by atoms with Crippen LogP contribution in [0.2, 0.25) is 0 Å². The van der Waals surface area contributed by atoms with Crippen molar-refractivity contribution in [3.63, 3.8) is 0 Å². The summed E-state index contributed by atoms with van der Waals surface area (Å²) in [6.07, 6.45) is 3.31. The van der Waals surface area contributed by atoms with Gasteiger partial charge in [0.15, 0.2) is 0 Å². The molecule has 1 aromatic carbocycles. The van der Waals surface area contributed by atoms with Gasteiger partial charge in [-0.3, -0.25) is 9.59 Å². The summed E-state index contributed by atoms with van der Waals surface area (Å²) >= 11 is 0. The van der Waals surface area contributed by atoms with E-state index in [2.05, 4.69) is 20.6 Å². The fourth-order valence-corrected chi connectivity index (χ4v) is 4.86. The fourth-order valence-electron chi connectivity index (χ4n) is 4.86. The van der Waals surface area contributed by atoms with E-state index in [9.17, 15) is 19.1 Å². The molecule has 2 N–H and O–H groups in total. The highest BCUT2D eigenvalue weighted by atomic mass is 19.1. The molecule has 3 heterocycles. The molecule has 11 heteroatoms. The van der Waals surface area contributed by atoms with Crippen molar-refractivity contribution in [2.45, 2.75) is 70.7 Å². The highest BCUT2D eigenvalue weighted by Crippen LogP contribution is 2.40. The normalized spacial score (nSPS) is 20.1. The lowest BCUT2D eigenvalue weighted by molar-refractivity contribution is -0.144. The van der Waals surface area contributed by atoms with E-state index in [1.165, 1.54) is 29.2 Å². The SMILES string of the molecule is CC(C)(C)[C@@H](C(=O)N1CC(O)CC1C(=O)NCc1cccc(Oc2ccc(F)cc2)n1)n1cc(C2CC2)nn1. The maximum absolute atomic E-state index is 13.9. The standard InChI is InChI=1S/C28H33FN6O4/c1-28(2,3)25(35-16-22(32-33-35)17-7-8-17)27(38)34-15-20(36)13-23(34)26(37)30-14-19-5-4-6-24(31-19)39-21-11-9-18(29)10-12-21/h4-6,9-12,16-17,20,23,25,36H,7-8,13-15H2,1-3H3,(H,30,37)/t20?,23?,25-/m1/s1. The van der Waals surface area contributed by atoms with Gasteiger partial charge < -0.3 is 20.1 Å². The van der Waals surface area contributed by atoms with Crippen molar-refractivity contribution in [3.8, 4) is 11.6 Å². The zero-order valence-electron chi connectivity index (χ0n) is 22.2. The van der Waals surface area contributed by atoms with E-state index < -0.39 is 23.6 Å². The number of nitrogens with one attached hydrogen (secondary N) is 1. The highest BCUT2D eigenvalue weighted by Gasteiger charge is 2.45. The number of carbonyl (C=O) groups is 2. The molecule has 0 spiro atoms. The number of likely N-dealkylation sites (tertiary alicyclic amines) is 1. The minimum absolute atomic E-state index is 0.0624. The summed E-state index contributed by atoms with van der Waals surface area (Å²) in [5, 5.41) is 21.8. The molecule has 5 rings (SSSR count). The quantitative estimate of drug-likeness (QED) is 0.453. The molecule has 0 bridgehead atoms. The number of β-amino-alcohol motifs (C(OH)–C–C–N with tert-alkyl or cyclic N) is 1. The largest absolute Gasteiger partial charge is 0.439 e. The van der Waals surface area contributed by atoms with Crippen molar-refractivity contribution in [1.29, 1.82) is 0 Å². The van der Waals surface area contributed by atoms with E-state index in [1.807, 2.05) is 27.0 Å². The highest BCUT2D eigenvalue weighted by molar-refractivity contribution is 5.90. The predicted octanol–water partition coefficient (Wildman–Crippen LogP) is 3.35. The van der Waals surface area contributed by atoms with Gasteiger partial charge in [-0.25, -0.2) is 14.1 Å². The summed E-state index contributed by atoms with van der Waals surface area (Å²) < 4.78 is 20.4. The third-order valence-corrected chi connectivity index (χ3v) is 6.97.